The molecule has 2 aromatic carbocycles. The van der Waals surface area contributed by atoms with E-state index >= 15 is 0 Å². The molecule has 0 radical (unpaired) electrons. The predicted octanol–water partition coefficient (Wildman–Crippen LogP) is 4.97. The third-order valence-corrected chi connectivity index (χ3v) is 8.48. The van der Waals surface area contributed by atoms with Gasteiger partial charge in [-0.05, 0) is 54.2 Å². The summed E-state index contributed by atoms with van der Waals surface area (Å²) in [6.07, 6.45) is 0. The number of carbonyl (C=O) groups excluding carboxylic acids is 2. The summed E-state index contributed by atoms with van der Waals surface area (Å²) in [5.41, 5.74) is 1.21. The molecule has 5 rings (SSSR count). The Bertz CT molecular complexity index is 1270. The summed E-state index contributed by atoms with van der Waals surface area (Å²) in [5.74, 6) is -1.30. The summed E-state index contributed by atoms with van der Waals surface area (Å²) in [5, 5.41) is 11.1. The summed E-state index contributed by atoms with van der Waals surface area (Å²) in [4.78, 5) is 32.2. The number of nitrogens with zero attached hydrogens (tertiary/aromatic N) is 1. The number of rotatable bonds is 3. The molecule has 158 valence electrons. The van der Waals surface area contributed by atoms with Crippen molar-refractivity contribution in [2.45, 2.75) is 16.2 Å². The molecule has 1 fully saturated rings. The van der Waals surface area contributed by atoms with E-state index in [1.807, 2.05) is 6.07 Å². The first-order valence-electron chi connectivity index (χ1n) is 9.29. The number of fused-ring (bicyclic) bond motifs is 2. The van der Waals surface area contributed by atoms with Crippen molar-refractivity contribution in [3.05, 3.63) is 61.9 Å². The number of nitrogens with one attached hydrogen (secondary N) is 1. The van der Waals surface area contributed by atoms with Crippen molar-refractivity contribution in [1.29, 1.82) is 0 Å². The average molecular weight is 491 g/mol. The van der Waals surface area contributed by atoms with Crippen LogP contribution in [0.2, 0.25) is 5.02 Å². The van der Waals surface area contributed by atoms with Crippen LogP contribution in [0.1, 0.15) is 16.4 Å². The smallest absolute Gasteiger partial charge is 0.248 e. The van der Waals surface area contributed by atoms with Gasteiger partial charge in [0, 0.05) is 15.8 Å². The molecular formula is C21H15ClN2O4S3. The number of thiazole rings is 1. The number of aromatic nitrogens is 1. The van der Waals surface area contributed by atoms with Crippen molar-refractivity contribution < 1.29 is 19.4 Å². The van der Waals surface area contributed by atoms with E-state index in [1.165, 1.54) is 35.1 Å². The molecule has 6 nitrogen and oxygen atoms in total. The zero-order valence-electron chi connectivity index (χ0n) is 16.0. The second kappa shape index (κ2) is 7.67. The largest absolute Gasteiger partial charge is 0.504 e. The Morgan fingerprint density at radius 1 is 1.16 bits per heavy atom. The van der Waals surface area contributed by atoms with Crippen LogP contribution in [0.25, 0.3) is 0 Å². The second-order valence-corrected chi connectivity index (χ2v) is 10.5. The van der Waals surface area contributed by atoms with Crippen molar-refractivity contribution in [3.8, 4) is 11.5 Å². The van der Waals surface area contributed by atoms with Crippen molar-refractivity contribution >= 4 is 64.4 Å². The zero-order chi connectivity index (χ0) is 21.9. The molecule has 2 aliphatic heterocycles. The number of methoxy groups -OCH3 is 1. The van der Waals surface area contributed by atoms with E-state index < -0.39 is 17.1 Å². The summed E-state index contributed by atoms with van der Waals surface area (Å²) in [7, 11) is 1.47. The van der Waals surface area contributed by atoms with Gasteiger partial charge >= 0.3 is 0 Å². The number of H-pyrrole nitrogens is 1. The number of aromatic hydroxyl groups is 1. The zero-order valence-corrected chi connectivity index (χ0v) is 19.2. The highest BCUT2D eigenvalue weighted by molar-refractivity contribution is 8.01. The lowest BCUT2D eigenvalue weighted by molar-refractivity contribution is -0.122. The highest BCUT2D eigenvalue weighted by atomic mass is 35.5. The fraction of sp³-hybridized carbons (Fsp3) is 0.190. The van der Waals surface area contributed by atoms with Gasteiger partial charge in [0.2, 0.25) is 11.8 Å². The number of benzene rings is 2. The van der Waals surface area contributed by atoms with Crippen LogP contribution in [0.3, 0.4) is 0 Å². The Hall–Kier alpha value is -2.33. The Labute approximate surface area is 195 Å². The Morgan fingerprint density at radius 2 is 1.90 bits per heavy atom. The fourth-order valence-corrected chi connectivity index (χ4v) is 7.21. The van der Waals surface area contributed by atoms with Crippen molar-refractivity contribution in [1.82, 2.24) is 4.98 Å². The molecule has 0 bridgehead atoms. The van der Waals surface area contributed by atoms with E-state index in [0.29, 0.717) is 20.4 Å². The van der Waals surface area contributed by atoms with Crippen molar-refractivity contribution in [2.75, 3.05) is 12.0 Å². The van der Waals surface area contributed by atoms with Crippen LogP contribution in [-0.2, 0) is 9.59 Å². The SMILES string of the molecule is COc1ccc(C2c3sc(=S)[nH]c3SC3C(=O)N(c4ccc(Cl)cc4)C(=O)C32)cc1O. The van der Waals surface area contributed by atoms with Crippen LogP contribution in [0.5, 0.6) is 11.5 Å². The molecule has 2 amide bonds. The first-order chi connectivity index (χ1) is 14.9. The number of hydrogen-bond acceptors (Lipinski definition) is 7. The van der Waals surface area contributed by atoms with Crippen molar-refractivity contribution in [2.24, 2.45) is 5.92 Å². The highest BCUT2D eigenvalue weighted by Crippen LogP contribution is 2.54. The number of thioether (sulfide) groups is 1. The third-order valence-electron chi connectivity index (χ3n) is 5.47. The van der Waals surface area contributed by atoms with E-state index in [-0.39, 0.29) is 17.6 Å². The number of hydrogen-bond donors (Lipinski definition) is 2. The molecule has 3 unspecified atom stereocenters. The van der Waals surface area contributed by atoms with Crippen LogP contribution in [-0.4, -0.2) is 34.3 Å². The minimum Gasteiger partial charge on any atom is -0.504 e. The van der Waals surface area contributed by atoms with Crippen molar-refractivity contribution in [3.63, 3.8) is 0 Å². The monoisotopic (exact) mass is 490 g/mol. The third kappa shape index (κ3) is 3.27. The lowest BCUT2D eigenvalue weighted by Crippen LogP contribution is -2.32. The van der Waals surface area contributed by atoms with Crippen LogP contribution in [0.15, 0.2) is 47.5 Å². The molecule has 2 N–H and O–H groups in total. The Balaban J connectivity index is 1.65. The minimum absolute atomic E-state index is 0.0261. The molecule has 10 heteroatoms. The van der Waals surface area contributed by atoms with Gasteiger partial charge in [-0.3, -0.25) is 9.59 Å². The normalized spacial score (nSPS) is 22.4. The molecule has 1 saturated heterocycles. The molecule has 0 spiro atoms. The van der Waals surface area contributed by atoms with E-state index in [2.05, 4.69) is 4.98 Å². The molecule has 2 aliphatic rings. The maximum atomic E-state index is 13.6. The number of phenols is 1. The van der Waals surface area contributed by atoms with Crippen LogP contribution >= 0.6 is 46.9 Å². The van der Waals surface area contributed by atoms with Gasteiger partial charge in [0.25, 0.3) is 0 Å². The predicted molar refractivity (Wildman–Crippen MR) is 123 cm³/mol. The number of imide groups is 1. The standard InChI is InChI=1S/C21H15ClN2O4S3/c1-28-13-7-2-9(8-12(13)25)14-15-17(30-18-16(14)31-21(29)23-18)20(27)24(19(15)26)11-5-3-10(22)4-6-11/h2-8,14-15,17,25H,1H3,(H,23,29). The maximum absolute atomic E-state index is 13.6. The molecule has 0 aliphatic carbocycles. The molecule has 3 heterocycles. The van der Waals surface area contributed by atoms with Gasteiger partial charge in [0.05, 0.1) is 23.7 Å². The lowest BCUT2D eigenvalue weighted by Gasteiger charge is -2.30. The number of amides is 2. The molecule has 31 heavy (non-hydrogen) atoms. The summed E-state index contributed by atoms with van der Waals surface area (Å²) in [6, 6.07) is 11.7. The molecule has 3 aromatic rings. The molecule has 0 saturated carbocycles. The molecular weight excluding hydrogens is 476 g/mol. The number of anilines is 1. The lowest BCUT2D eigenvalue weighted by atomic mass is 9.83. The summed E-state index contributed by atoms with van der Waals surface area (Å²) < 4.78 is 5.73. The van der Waals surface area contributed by atoms with E-state index in [9.17, 15) is 14.7 Å². The number of halogens is 1. The van der Waals surface area contributed by atoms with Gasteiger partial charge in [-0.15, -0.1) is 11.3 Å². The first-order valence-corrected chi connectivity index (χ1v) is 11.8. The van der Waals surface area contributed by atoms with Gasteiger partial charge in [0.15, 0.2) is 15.5 Å². The Kier molecular flexibility index (Phi) is 5.09. The van der Waals surface area contributed by atoms with E-state index in [4.69, 9.17) is 28.6 Å². The number of aromatic amines is 1. The topological polar surface area (TPSA) is 82.6 Å². The first kappa shape index (κ1) is 20.6. The van der Waals surface area contributed by atoms with Crippen LogP contribution in [0, 0.1) is 9.87 Å². The number of carbonyl (C=O) groups is 2. The van der Waals surface area contributed by atoms with Gasteiger partial charge in [-0.1, -0.05) is 29.4 Å². The van der Waals surface area contributed by atoms with Gasteiger partial charge in [-0.2, -0.15) is 0 Å². The maximum Gasteiger partial charge on any atom is 0.248 e. The van der Waals surface area contributed by atoms with Gasteiger partial charge in [0.1, 0.15) is 5.25 Å². The fourth-order valence-electron chi connectivity index (χ4n) is 4.12. The summed E-state index contributed by atoms with van der Waals surface area (Å²) >= 11 is 14.0. The van der Waals surface area contributed by atoms with Crippen LogP contribution < -0.4 is 9.64 Å². The molecule has 1 aromatic heterocycles. The number of phenolic OH excluding ortho intramolecular Hbond substituents is 1. The number of ether oxygens (including phenoxy) is 1. The average Bonchev–Trinajstić information content (AvgIpc) is 3.23. The highest BCUT2D eigenvalue weighted by Gasteiger charge is 2.56. The quantitative estimate of drug-likeness (QED) is 0.398. The van der Waals surface area contributed by atoms with Gasteiger partial charge in [-0.25, -0.2) is 4.90 Å². The van der Waals surface area contributed by atoms with Gasteiger partial charge < -0.3 is 14.8 Å². The summed E-state index contributed by atoms with van der Waals surface area (Å²) in [6.45, 7) is 0. The minimum atomic E-state index is -0.630. The second-order valence-electron chi connectivity index (χ2n) is 7.17. The Morgan fingerprint density at radius 3 is 2.58 bits per heavy atom. The van der Waals surface area contributed by atoms with Crippen LogP contribution in [0.4, 0.5) is 5.69 Å². The van der Waals surface area contributed by atoms with E-state index in [1.54, 1.807) is 36.4 Å². The molecule has 3 atom stereocenters. The van der Waals surface area contributed by atoms with E-state index in [0.717, 1.165) is 15.5 Å².